The number of nitrogens with zero attached hydrogens (tertiary/aromatic N) is 1. The standard InChI is InChI=1S/C21H26N2OSe/c1-16(2)19-20(18-12-8-5-9-13-18)23(21(3,25)22-19)15-24-14-17-10-6-4-7-11-17/h4-13,16,22,25H,14-15H2,1-3H3. The number of benzene rings is 2. The van der Waals surface area contributed by atoms with E-state index in [1.165, 1.54) is 22.5 Å². The van der Waals surface area contributed by atoms with Crippen LogP contribution in [0.1, 0.15) is 31.9 Å². The van der Waals surface area contributed by atoms with Gasteiger partial charge in [0.05, 0.1) is 0 Å². The van der Waals surface area contributed by atoms with Gasteiger partial charge in [-0.3, -0.25) is 0 Å². The molecule has 1 aliphatic heterocycles. The minimum absolute atomic E-state index is 0.242. The van der Waals surface area contributed by atoms with Gasteiger partial charge < -0.3 is 0 Å². The van der Waals surface area contributed by atoms with Gasteiger partial charge in [-0.15, -0.1) is 0 Å². The van der Waals surface area contributed by atoms with Crippen LogP contribution < -0.4 is 5.32 Å². The molecule has 1 heterocycles. The average molecular weight is 401 g/mol. The Kier molecular flexibility index (Phi) is 5.53. The minimum atomic E-state index is -0.242. The van der Waals surface area contributed by atoms with Crippen LogP contribution in [-0.2, 0) is 11.3 Å². The van der Waals surface area contributed by atoms with Crippen LogP contribution in [0.3, 0.4) is 0 Å². The van der Waals surface area contributed by atoms with E-state index in [1.54, 1.807) is 0 Å². The van der Waals surface area contributed by atoms with E-state index in [2.05, 4.69) is 89.5 Å². The van der Waals surface area contributed by atoms with E-state index in [9.17, 15) is 0 Å². The van der Waals surface area contributed by atoms with Crippen molar-refractivity contribution in [1.82, 2.24) is 10.2 Å². The summed E-state index contributed by atoms with van der Waals surface area (Å²) in [5.41, 5.74) is 4.90. The van der Waals surface area contributed by atoms with Gasteiger partial charge in [-0.05, 0) is 0 Å². The first kappa shape index (κ1) is 18.1. The second-order valence-electron chi connectivity index (χ2n) is 6.82. The molecule has 0 spiro atoms. The molecule has 2 aromatic carbocycles. The van der Waals surface area contributed by atoms with Crippen LogP contribution in [0.5, 0.6) is 0 Å². The summed E-state index contributed by atoms with van der Waals surface area (Å²) in [4.78, 5) is 2.31. The van der Waals surface area contributed by atoms with Gasteiger partial charge in [0, 0.05) is 0 Å². The molecule has 0 amide bonds. The third kappa shape index (κ3) is 4.09. The van der Waals surface area contributed by atoms with Crippen LogP contribution in [0.15, 0.2) is 66.4 Å². The van der Waals surface area contributed by atoms with Gasteiger partial charge in [0.15, 0.2) is 0 Å². The van der Waals surface area contributed by atoms with Gasteiger partial charge in [0.2, 0.25) is 0 Å². The van der Waals surface area contributed by atoms with E-state index in [0.29, 0.717) is 19.3 Å². The molecule has 0 aliphatic carbocycles. The van der Waals surface area contributed by atoms with Crippen molar-refractivity contribution in [2.45, 2.75) is 31.9 Å². The Hall–Kier alpha value is -1.74. The first-order chi connectivity index (χ1) is 12.0. The molecule has 3 rings (SSSR count). The van der Waals surface area contributed by atoms with Crippen LogP contribution in [-0.4, -0.2) is 32.2 Å². The number of ether oxygens (including phenoxy) is 1. The number of rotatable bonds is 6. The summed E-state index contributed by atoms with van der Waals surface area (Å²) in [6.07, 6.45) is 0. The zero-order chi connectivity index (χ0) is 17.9. The zero-order valence-electron chi connectivity index (χ0n) is 15.1. The van der Waals surface area contributed by atoms with E-state index >= 15 is 0 Å². The summed E-state index contributed by atoms with van der Waals surface area (Å²) in [6.45, 7) is 7.77. The number of allylic oxidation sites excluding steroid dienone is 1. The fourth-order valence-electron chi connectivity index (χ4n) is 3.09. The fourth-order valence-corrected chi connectivity index (χ4v) is 3.67. The summed E-state index contributed by atoms with van der Waals surface area (Å²) >= 11 is 2.75. The molecule has 4 heteroatoms. The van der Waals surface area contributed by atoms with Crippen molar-refractivity contribution >= 4 is 21.7 Å². The van der Waals surface area contributed by atoms with E-state index in [4.69, 9.17) is 4.74 Å². The molecule has 0 bridgehead atoms. The van der Waals surface area contributed by atoms with Crippen molar-refractivity contribution in [3.8, 4) is 0 Å². The van der Waals surface area contributed by atoms with E-state index < -0.39 is 0 Å². The Bertz CT molecular complexity index is 726. The topological polar surface area (TPSA) is 24.5 Å². The molecule has 0 radical (unpaired) electrons. The van der Waals surface area contributed by atoms with Gasteiger partial charge in [0.1, 0.15) is 0 Å². The summed E-state index contributed by atoms with van der Waals surface area (Å²) < 4.78 is 5.82. The Morgan fingerprint density at radius 2 is 1.64 bits per heavy atom. The zero-order valence-corrected chi connectivity index (χ0v) is 16.9. The fraction of sp³-hybridized carbons (Fsp3) is 0.333. The van der Waals surface area contributed by atoms with Gasteiger partial charge in [-0.25, -0.2) is 0 Å². The Morgan fingerprint density at radius 3 is 2.24 bits per heavy atom. The average Bonchev–Trinajstić information content (AvgIpc) is 2.88. The van der Waals surface area contributed by atoms with Crippen molar-refractivity contribution in [2.24, 2.45) is 5.92 Å². The van der Waals surface area contributed by atoms with Gasteiger partial charge in [-0.1, -0.05) is 0 Å². The van der Waals surface area contributed by atoms with E-state index in [1.807, 2.05) is 18.2 Å². The Morgan fingerprint density at radius 1 is 1.04 bits per heavy atom. The molecule has 25 heavy (non-hydrogen) atoms. The molecule has 2 aromatic rings. The molecule has 3 nitrogen and oxygen atoms in total. The number of nitrogens with one attached hydrogen (secondary N) is 1. The summed E-state index contributed by atoms with van der Waals surface area (Å²) in [5, 5.41) is 3.67. The van der Waals surface area contributed by atoms with Gasteiger partial charge in [-0.2, -0.15) is 0 Å². The van der Waals surface area contributed by atoms with Crippen molar-refractivity contribution in [1.29, 1.82) is 0 Å². The molecule has 0 aromatic heterocycles. The molecule has 132 valence electrons. The second kappa shape index (κ2) is 7.65. The molecule has 0 saturated carbocycles. The van der Waals surface area contributed by atoms with E-state index in [0.717, 1.165) is 0 Å². The maximum absolute atomic E-state index is 6.06. The third-order valence-corrected chi connectivity index (χ3v) is 5.12. The SMILES string of the molecule is CC(C)C1=C(c2ccccc2)N(COCc2ccccc2)C(C)([SeH])N1. The molecule has 1 aliphatic rings. The van der Waals surface area contributed by atoms with Crippen molar-refractivity contribution in [3.05, 3.63) is 77.5 Å². The molecular weight excluding hydrogens is 375 g/mol. The number of hydrogen-bond acceptors (Lipinski definition) is 3. The van der Waals surface area contributed by atoms with Crippen LogP contribution in [0.4, 0.5) is 0 Å². The first-order valence-corrected chi connectivity index (χ1v) is 9.62. The first-order valence-electron chi connectivity index (χ1n) is 8.68. The Balaban J connectivity index is 1.83. The van der Waals surface area contributed by atoms with Crippen LogP contribution in [0.25, 0.3) is 5.70 Å². The van der Waals surface area contributed by atoms with Gasteiger partial charge >= 0.3 is 159 Å². The third-order valence-electron chi connectivity index (χ3n) is 4.38. The van der Waals surface area contributed by atoms with Crippen LogP contribution >= 0.6 is 0 Å². The molecule has 1 unspecified atom stereocenters. The normalized spacial score (nSPS) is 20.3. The molecule has 0 fully saturated rings. The van der Waals surface area contributed by atoms with Crippen LogP contribution in [0, 0.1) is 5.92 Å². The quantitative estimate of drug-likeness (QED) is 0.748. The summed E-state index contributed by atoms with van der Waals surface area (Å²) in [7, 11) is 0. The monoisotopic (exact) mass is 402 g/mol. The summed E-state index contributed by atoms with van der Waals surface area (Å²) in [5.74, 6) is 0.415. The van der Waals surface area contributed by atoms with Crippen molar-refractivity contribution in [3.63, 3.8) is 0 Å². The molecule has 1 N–H and O–H groups in total. The maximum atomic E-state index is 6.06. The predicted octanol–water partition coefficient (Wildman–Crippen LogP) is 3.67. The molecule has 1 atom stereocenters. The number of hydrogen-bond donors (Lipinski definition) is 1. The van der Waals surface area contributed by atoms with Gasteiger partial charge in [0.25, 0.3) is 0 Å². The molecular formula is C21H26N2OSe. The van der Waals surface area contributed by atoms with Crippen molar-refractivity contribution < 1.29 is 4.74 Å². The summed E-state index contributed by atoms with van der Waals surface area (Å²) in [6, 6.07) is 20.9. The van der Waals surface area contributed by atoms with Crippen LogP contribution in [0.2, 0.25) is 0 Å². The second-order valence-corrected chi connectivity index (χ2v) is 8.65. The Labute approximate surface area is 158 Å². The van der Waals surface area contributed by atoms with Crippen molar-refractivity contribution in [2.75, 3.05) is 6.73 Å². The molecule has 0 saturated heterocycles. The van der Waals surface area contributed by atoms with E-state index in [-0.39, 0.29) is 4.56 Å². The predicted molar refractivity (Wildman–Crippen MR) is 105 cm³/mol.